The smallest absolute Gasteiger partial charge is 0.246 e. The van der Waals surface area contributed by atoms with Gasteiger partial charge in [-0.15, -0.1) is 0 Å². The largest absolute Gasteiger partial charge is 0.339 e. The first-order chi connectivity index (χ1) is 18.1. The molecule has 1 spiro atoms. The number of aryl methyl sites for hydroxylation is 1. The van der Waals surface area contributed by atoms with E-state index in [-0.39, 0.29) is 18.0 Å². The van der Waals surface area contributed by atoms with Gasteiger partial charge in [-0.1, -0.05) is 60.7 Å². The topological polar surface area (TPSA) is 79.3 Å². The van der Waals surface area contributed by atoms with Crippen LogP contribution in [0, 0.1) is 0 Å². The van der Waals surface area contributed by atoms with Crippen LogP contribution in [0.3, 0.4) is 0 Å². The van der Waals surface area contributed by atoms with E-state index in [1.165, 1.54) is 0 Å². The second kappa shape index (κ2) is 9.33. The van der Waals surface area contributed by atoms with Crippen LogP contribution in [-0.4, -0.2) is 44.9 Å². The van der Waals surface area contributed by atoms with Gasteiger partial charge >= 0.3 is 0 Å². The van der Waals surface area contributed by atoms with E-state index in [1.54, 1.807) is 12.3 Å². The van der Waals surface area contributed by atoms with Gasteiger partial charge in [0.1, 0.15) is 17.4 Å². The number of likely N-dealkylation sites (tertiary alicyclic amines) is 1. The lowest BCUT2D eigenvalue weighted by molar-refractivity contribution is -0.132. The Bertz CT molecular complexity index is 1480. The quantitative estimate of drug-likeness (QED) is 0.423. The van der Waals surface area contributed by atoms with Crippen LogP contribution >= 0.6 is 0 Å². The molecule has 2 aliphatic heterocycles. The number of hydrogen-bond donors (Lipinski definition) is 2. The van der Waals surface area contributed by atoms with E-state index < -0.39 is 5.54 Å². The zero-order chi connectivity index (χ0) is 25.4. The summed E-state index contributed by atoms with van der Waals surface area (Å²) in [6, 6.07) is 24.0. The molecule has 1 atom stereocenters. The monoisotopic (exact) mass is 491 g/mol. The number of benzene rings is 2. The fourth-order valence-electron chi connectivity index (χ4n) is 5.60. The fraction of sp³-hybridized carbons (Fsp3) is 0.233. The van der Waals surface area contributed by atoms with Gasteiger partial charge in [0.15, 0.2) is 0 Å². The van der Waals surface area contributed by atoms with Crippen molar-refractivity contribution in [3.05, 3.63) is 96.2 Å². The van der Waals surface area contributed by atoms with Gasteiger partial charge in [-0.3, -0.25) is 14.9 Å². The summed E-state index contributed by atoms with van der Waals surface area (Å²) in [4.78, 5) is 32.6. The van der Waals surface area contributed by atoms with Crippen LogP contribution in [0.1, 0.15) is 30.1 Å². The van der Waals surface area contributed by atoms with Crippen LogP contribution in [0.15, 0.2) is 85.1 Å². The summed E-state index contributed by atoms with van der Waals surface area (Å²) < 4.78 is 2.08. The highest BCUT2D eigenvalue weighted by molar-refractivity contribution is 6.00. The highest BCUT2D eigenvalue weighted by atomic mass is 16.2. The van der Waals surface area contributed by atoms with Gasteiger partial charge in [0.05, 0.1) is 5.69 Å². The molecule has 2 amide bonds. The number of aromatic nitrogens is 2. The molecule has 7 nitrogen and oxygen atoms in total. The third-order valence-electron chi connectivity index (χ3n) is 7.62. The fourth-order valence-corrected chi connectivity index (χ4v) is 5.60. The highest BCUT2D eigenvalue weighted by Gasteiger charge is 2.48. The number of rotatable bonds is 4. The van der Waals surface area contributed by atoms with Gasteiger partial charge < -0.3 is 14.8 Å². The summed E-state index contributed by atoms with van der Waals surface area (Å²) in [6.45, 7) is 1.04. The molecule has 0 saturated carbocycles. The zero-order valence-corrected chi connectivity index (χ0v) is 20.7. The molecule has 2 aromatic carbocycles. The minimum absolute atomic E-state index is 0.0137. The minimum atomic E-state index is -0.636. The maximum absolute atomic E-state index is 13.2. The van der Waals surface area contributed by atoms with Crippen LogP contribution in [0.4, 0.5) is 0 Å². The summed E-state index contributed by atoms with van der Waals surface area (Å²) in [5.41, 5.74) is 4.34. The SMILES string of the molecule is Cn1c(-c2ccccc2)c(/C=C/C(=O)N2CCC3(CC2)NC(c2ccccc2)NC3=O)c2cccnc21. The van der Waals surface area contributed by atoms with Crippen LogP contribution in [0.2, 0.25) is 0 Å². The Balaban J connectivity index is 1.20. The predicted octanol–water partition coefficient (Wildman–Crippen LogP) is 4.03. The van der Waals surface area contributed by atoms with E-state index in [1.807, 2.05) is 78.7 Å². The van der Waals surface area contributed by atoms with E-state index in [2.05, 4.69) is 32.3 Å². The van der Waals surface area contributed by atoms with Gasteiger partial charge in [-0.05, 0) is 42.2 Å². The summed E-state index contributed by atoms with van der Waals surface area (Å²) in [5.74, 6) is -0.0347. The molecule has 7 heteroatoms. The second-order valence-corrected chi connectivity index (χ2v) is 9.76. The Morgan fingerprint density at radius 2 is 1.70 bits per heavy atom. The van der Waals surface area contributed by atoms with Gasteiger partial charge in [0.25, 0.3) is 0 Å². The maximum Gasteiger partial charge on any atom is 0.246 e. The number of carbonyl (C=O) groups excluding carboxylic acids is 2. The van der Waals surface area contributed by atoms with E-state index in [0.29, 0.717) is 25.9 Å². The van der Waals surface area contributed by atoms with Crippen molar-refractivity contribution in [2.24, 2.45) is 7.05 Å². The van der Waals surface area contributed by atoms with Crippen molar-refractivity contribution in [3.63, 3.8) is 0 Å². The Labute approximate surface area is 215 Å². The van der Waals surface area contributed by atoms with Crippen LogP contribution in [-0.2, 0) is 16.6 Å². The van der Waals surface area contributed by atoms with Crippen molar-refractivity contribution in [2.75, 3.05) is 13.1 Å². The van der Waals surface area contributed by atoms with Crippen molar-refractivity contribution in [1.29, 1.82) is 0 Å². The van der Waals surface area contributed by atoms with Crippen LogP contribution in [0.5, 0.6) is 0 Å². The lowest BCUT2D eigenvalue weighted by atomic mass is 9.87. The average molecular weight is 492 g/mol. The number of amides is 2. The summed E-state index contributed by atoms with van der Waals surface area (Å²) in [7, 11) is 2.00. The number of pyridine rings is 1. The van der Waals surface area contributed by atoms with Crippen LogP contribution in [0.25, 0.3) is 28.4 Å². The number of fused-ring (bicyclic) bond motifs is 1. The average Bonchev–Trinajstić information content (AvgIpc) is 3.42. The molecule has 6 rings (SSSR count). The van der Waals surface area contributed by atoms with Gasteiger partial charge in [-0.2, -0.15) is 0 Å². The number of carbonyl (C=O) groups is 2. The number of nitrogens with zero attached hydrogens (tertiary/aromatic N) is 3. The first-order valence-corrected chi connectivity index (χ1v) is 12.7. The zero-order valence-electron chi connectivity index (χ0n) is 20.7. The van der Waals surface area contributed by atoms with Gasteiger partial charge in [0.2, 0.25) is 11.8 Å². The van der Waals surface area contributed by atoms with E-state index in [4.69, 9.17) is 0 Å². The molecule has 0 radical (unpaired) electrons. The number of hydrogen-bond acceptors (Lipinski definition) is 4. The standard InChI is InChI=1S/C30H29N5O2/c1-34-26(21-9-4-2-5-10-21)23(24-13-8-18-31-28(24)34)14-15-25(36)35-19-16-30(17-20-35)29(37)32-27(33-30)22-11-6-3-7-12-22/h2-15,18,27,33H,16-17,19-20H2,1H3,(H,32,37)/b15-14+. The molecule has 186 valence electrons. The predicted molar refractivity (Wildman–Crippen MR) is 144 cm³/mol. The lowest BCUT2D eigenvalue weighted by Crippen LogP contribution is -2.55. The number of nitrogens with one attached hydrogen (secondary N) is 2. The number of piperidine rings is 1. The van der Waals surface area contributed by atoms with E-state index in [9.17, 15) is 9.59 Å². The molecule has 0 bridgehead atoms. The van der Waals surface area contributed by atoms with Gasteiger partial charge in [0, 0.05) is 43.4 Å². The van der Waals surface area contributed by atoms with Crippen molar-refractivity contribution >= 4 is 28.9 Å². The minimum Gasteiger partial charge on any atom is -0.339 e. The molecule has 37 heavy (non-hydrogen) atoms. The Morgan fingerprint density at radius 3 is 2.43 bits per heavy atom. The van der Waals surface area contributed by atoms with Crippen molar-refractivity contribution in [3.8, 4) is 11.3 Å². The second-order valence-electron chi connectivity index (χ2n) is 9.76. The molecular weight excluding hydrogens is 462 g/mol. The normalized spacial score (nSPS) is 19.1. The van der Waals surface area contributed by atoms with Crippen molar-refractivity contribution in [1.82, 2.24) is 25.1 Å². The Morgan fingerprint density at radius 1 is 1.00 bits per heavy atom. The third kappa shape index (κ3) is 4.11. The molecule has 2 fully saturated rings. The molecule has 2 N–H and O–H groups in total. The molecule has 1 unspecified atom stereocenters. The van der Waals surface area contributed by atoms with E-state index in [0.717, 1.165) is 33.4 Å². The lowest BCUT2D eigenvalue weighted by Gasteiger charge is -2.37. The van der Waals surface area contributed by atoms with Crippen molar-refractivity contribution < 1.29 is 9.59 Å². The Kier molecular flexibility index (Phi) is 5.85. The van der Waals surface area contributed by atoms with Crippen LogP contribution < -0.4 is 10.6 Å². The molecule has 2 saturated heterocycles. The molecule has 2 aliphatic rings. The molecular formula is C30H29N5O2. The molecule has 4 aromatic rings. The summed E-state index contributed by atoms with van der Waals surface area (Å²) in [5, 5.41) is 7.60. The summed E-state index contributed by atoms with van der Waals surface area (Å²) >= 11 is 0. The first kappa shape index (κ1) is 23.2. The molecule has 2 aromatic heterocycles. The van der Waals surface area contributed by atoms with Gasteiger partial charge in [-0.25, -0.2) is 4.98 Å². The van der Waals surface area contributed by atoms with E-state index >= 15 is 0 Å². The first-order valence-electron chi connectivity index (χ1n) is 12.7. The highest BCUT2D eigenvalue weighted by Crippen LogP contribution is 2.34. The molecule has 0 aliphatic carbocycles. The maximum atomic E-state index is 13.2. The Hall–Kier alpha value is -4.23. The molecule has 4 heterocycles. The van der Waals surface area contributed by atoms with Crippen molar-refractivity contribution in [2.45, 2.75) is 24.5 Å². The third-order valence-corrected chi connectivity index (χ3v) is 7.62. The summed E-state index contributed by atoms with van der Waals surface area (Å²) in [6.07, 6.45) is 6.30.